The third-order valence-corrected chi connectivity index (χ3v) is 6.24. The number of rotatable bonds is 6. The number of nitrogens with one attached hydrogen (secondary N) is 2. The van der Waals surface area contributed by atoms with Crippen LogP contribution in [0, 0.1) is 0 Å². The molecular formula is C26H31ClN4O4. The Hall–Kier alpha value is -3.36. The summed E-state index contributed by atoms with van der Waals surface area (Å²) in [4.78, 5) is 43.2. The van der Waals surface area contributed by atoms with E-state index in [9.17, 15) is 14.4 Å². The SMILES string of the molecule is COC(=O)c1ccc2c(c1)CCN(C(=O)C(Cc1c[nH]c3ccccc13)NC(=O)C(C)(C)N)C2.Cl. The molecule has 0 bridgehead atoms. The lowest BCUT2D eigenvalue weighted by Gasteiger charge is -2.33. The van der Waals surface area contributed by atoms with E-state index in [0.29, 0.717) is 31.5 Å². The highest BCUT2D eigenvalue weighted by Crippen LogP contribution is 2.24. The van der Waals surface area contributed by atoms with Crippen molar-refractivity contribution < 1.29 is 19.1 Å². The fourth-order valence-electron chi connectivity index (χ4n) is 4.27. The predicted octanol–water partition coefficient (Wildman–Crippen LogP) is 2.73. The van der Waals surface area contributed by atoms with Crippen LogP contribution in [-0.2, 0) is 33.7 Å². The molecule has 1 aromatic heterocycles. The maximum absolute atomic E-state index is 13.6. The van der Waals surface area contributed by atoms with E-state index < -0.39 is 11.6 Å². The molecule has 1 atom stereocenters. The first-order chi connectivity index (χ1) is 16.2. The lowest BCUT2D eigenvalue weighted by atomic mass is 9.95. The van der Waals surface area contributed by atoms with E-state index in [0.717, 1.165) is 27.6 Å². The zero-order chi connectivity index (χ0) is 24.5. The van der Waals surface area contributed by atoms with Crippen molar-refractivity contribution in [1.82, 2.24) is 15.2 Å². The minimum absolute atomic E-state index is 0. The molecule has 8 nitrogen and oxygen atoms in total. The topological polar surface area (TPSA) is 118 Å². The van der Waals surface area contributed by atoms with Crippen molar-refractivity contribution in [3.8, 4) is 0 Å². The number of esters is 1. The number of halogens is 1. The van der Waals surface area contributed by atoms with Gasteiger partial charge in [-0.2, -0.15) is 0 Å². The molecule has 1 aliphatic heterocycles. The average molecular weight is 499 g/mol. The van der Waals surface area contributed by atoms with Gasteiger partial charge in [0.1, 0.15) is 6.04 Å². The molecule has 2 aromatic carbocycles. The normalized spacial score (nSPS) is 14.0. The zero-order valence-electron chi connectivity index (χ0n) is 20.1. The van der Waals surface area contributed by atoms with Crippen LogP contribution in [0.2, 0.25) is 0 Å². The number of aromatic nitrogens is 1. The molecule has 35 heavy (non-hydrogen) atoms. The molecule has 0 saturated carbocycles. The second-order valence-electron chi connectivity index (χ2n) is 9.30. The summed E-state index contributed by atoms with van der Waals surface area (Å²) in [6, 6.07) is 12.5. The number of ether oxygens (including phenoxy) is 1. The molecule has 0 spiro atoms. The highest BCUT2D eigenvalue weighted by Gasteiger charge is 2.32. The average Bonchev–Trinajstić information content (AvgIpc) is 3.24. The fraction of sp³-hybridized carbons (Fsp3) is 0.346. The summed E-state index contributed by atoms with van der Waals surface area (Å²) in [5, 5.41) is 3.90. The van der Waals surface area contributed by atoms with Crippen LogP contribution in [-0.4, -0.2) is 52.9 Å². The van der Waals surface area contributed by atoms with Crippen LogP contribution in [0.4, 0.5) is 0 Å². The summed E-state index contributed by atoms with van der Waals surface area (Å²) < 4.78 is 4.81. The second-order valence-corrected chi connectivity index (χ2v) is 9.30. The number of benzene rings is 2. The molecule has 9 heteroatoms. The van der Waals surface area contributed by atoms with Gasteiger partial charge in [0.15, 0.2) is 0 Å². The van der Waals surface area contributed by atoms with Gasteiger partial charge in [-0.3, -0.25) is 9.59 Å². The number of nitrogens with two attached hydrogens (primary N) is 1. The zero-order valence-corrected chi connectivity index (χ0v) is 20.9. The molecule has 0 fully saturated rings. The Morgan fingerprint density at radius 3 is 2.63 bits per heavy atom. The number of amides is 2. The van der Waals surface area contributed by atoms with Crippen molar-refractivity contribution in [3.63, 3.8) is 0 Å². The maximum atomic E-state index is 13.6. The number of carbonyl (C=O) groups is 3. The van der Waals surface area contributed by atoms with Gasteiger partial charge in [0.2, 0.25) is 11.8 Å². The van der Waals surface area contributed by atoms with Crippen molar-refractivity contribution in [2.24, 2.45) is 5.73 Å². The van der Waals surface area contributed by atoms with Crippen molar-refractivity contribution in [2.75, 3.05) is 13.7 Å². The first kappa shape index (κ1) is 26.2. The van der Waals surface area contributed by atoms with Gasteiger partial charge in [-0.25, -0.2) is 4.79 Å². The van der Waals surface area contributed by atoms with Gasteiger partial charge in [-0.15, -0.1) is 12.4 Å². The number of nitrogens with zero attached hydrogens (tertiary/aromatic N) is 1. The maximum Gasteiger partial charge on any atom is 0.337 e. The van der Waals surface area contributed by atoms with Crippen LogP contribution in [0.25, 0.3) is 10.9 Å². The third-order valence-electron chi connectivity index (χ3n) is 6.24. The number of carbonyl (C=O) groups excluding carboxylic acids is 3. The monoisotopic (exact) mass is 498 g/mol. The molecule has 3 aromatic rings. The first-order valence-electron chi connectivity index (χ1n) is 11.3. The lowest BCUT2D eigenvalue weighted by molar-refractivity contribution is -0.138. The van der Waals surface area contributed by atoms with E-state index in [2.05, 4.69) is 10.3 Å². The number of methoxy groups -OCH3 is 1. The van der Waals surface area contributed by atoms with Gasteiger partial charge in [0.25, 0.3) is 0 Å². The summed E-state index contributed by atoms with van der Waals surface area (Å²) in [6.07, 6.45) is 2.84. The van der Waals surface area contributed by atoms with Gasteiger partial charge in [0.05, 0.1) is 18.2 Å². The molecule has 4 N–H and O–H groups in total. The van der Waals surface area contributed by atoms with Gasteiger partial charge in [-0.1, -0.05) is 24.3 Å². The molecule has 1 aliphatic rings. The van der Waals surface area contributed by atoms with Crippen LogP contribution >= 0.6 is 12.4 Å². The van der Waals surface area contributed by atoms with Gasteiger partial charge < -0.3 is 25.7 Å². The fourth-order valence-corrected chi connectivity index (χ4v) is 4.27. The van der Waals surface area contributed by atoms with Crippen molar-refractivity contribution in [1.29, 1.82) is 0 Å². The molecule has 4 rings (SSSR count). The summed E-state index contributed by atoms with van der Waals surface area (Å²) in [5.41, 5.74) is 9.30. The van der Waals surface area contributed by atoms with Crippen molar-refractivity contribution in [3.05, 3.63) is 70.9 Å². The molecule has 0 radical (unpaired) electrons. The summed E-state index contributed by atoms with van der Waals surface area (Å²) in [7, 11) is 1.35. The van der Waals surface area contributed by atoms with Crippen molar-refractivity contribution in [2.45, 2.75) is 44.8 Å². The number of para-hydroxylation sites is 1. The largest absolute Gasteiger partial charge is 0.465 e. The van der Waals surface area contributed by atoms with E-state index in [1.165, 1.54) is 7.11 Å². The van der Waals surface area contributed by atoms with Gasteiger partial charge in [-0.05, 0) is 55.2 Å². The Bertz CT molecular complexity index is 1250. The third kappa shape index (κ3) is 5.66. The van der Waals surface area contributed by atoms with E-state index in [-0.39, 0.29) is 30.2 Å². The molecule has 0 aliphatic carbocycles. The quantitative estimate of drug-likeness (QED) is 0.452. The summed E-state index contributed by atoms with van der Waals surface area (Å²) in [5.74, 6) is -0.927. The van der Waals surface area contributed by atoms with Gasteiger partial charge in [0, 0.05) is 36.6 Å². The summed E-state index contributed by atoms with van der Waals surface area (Å²) in [6.45, 7) is 4.13. The minimum atomic E-state index is -1.11. The molecule has 2 heterocycles. The smallest absolute Gasteiger partial charge is 0.337 e. The Morgan fingerprint density at radius 2 is 1.91 bits per heavy atom. The number of H-pyrrole nitrogens is 1. The minimum Gasteiger partial charge on any atom is -0.465 e. The highest BCUT2D eigenvalue weighted by molar-refractivity contribution is 5.93. The molecule has 1 unspecified atom stereocenters. The molecular weight excluding hydrogens is 468 g/mol. The summed E-state index contributed by atoms with van der Waals surface area (Å²) >= 11 is 0. The van der Waals surface area contributed by atoms with Crippen LogP contribution in [0.5, 0.6) is 0 Å². The predicted molar refractivity (Wildman–Crippen MR) is 136 cm³/mol. The molecule has 186 valence electrons. The molecule has 0 saturated heterocycles. The highest BCUT2D eigenvalue weighted by atomic mass is 35.5. The number of hydrogen-bond acceptors (Lipinski definition) is 5. The Morgan fingerprint density at radius 1 is 1.17 bits per heavy atom. The van der Waals surface area contributed by atoms with Crippen LogP contribution in [0.1, 0.15) is 40.9 Å². The van der Waals surface area contributed by atoms with Crippen molar-refractivity contribution >= 4 is 41.1 Å². The number of fused-ring (bicyclic) bond motifs is 2. The van der Waals surface area contributed by atoms with Gasteiger partial charge >= 0.3 is 5.97 Å². The lowest BCUT2D eigenvalue weighted by Crippen LogP contribution is -2.57. The van der Waals surface area contributed by atoms with Crippen LogP contribution in [0.15, 0.2) is 48.7 Å². The Balaban J connectivity index is 0.00000342. The van der Waals surface area contributed by atoms with E-state index in [1.807, 2.05) is 42.6 Å². The van der Waals surface area contributed by atoms with E-state index >= 15 is 0 Å². The number of aromatic amines is 1. The van der Waals surface area contributed by atoms with Crippen LogP contribution < -0.4 is 11.1 Å². The standard InChI is InChI=1S/C26H30N4O4.ClH/c1-26(2,27)25(33)29-22(13-19-14-28-21-7-5-4-6-20(19)21)23(31)30-11-10-16-12-17(24(32)34-3)8-9-18(16)15-30;/h4-9,12,14,22,28H,10-11,13,15,27H2,1-3H3,(H,29,33);1H. The van der Waals surface area contributed by atoms with Crippen LogP contribution in [0.3, 0.4) is 0 Å². The van der Waals surface area contributed by atoms with E-state index in [4.69, 9.17) is 10.5 Å². The first-order valence-corrected chi connectivity index (χ1v) is 11.3. The number of hydrogen-bond donors (Lipinski definition) is 3. The Kier molecular flexibility index (Phi) is 7.87. The Labute approximate surface area is 210 Å². The van der Waals surface area contributed by atoms with E-state index in [1.54, 1.807) is 24.8 Å². The second kappa shape index (κ2) is 10.5. The molecule has 2 amide bonds.